The van der Waals surface area contributed by atoms with Crippen molar-refractivity contribution >= 4 is 28.8 Å². The lowest BCUT2D eigenvalue weighted by atomic mass is 10.2. The minimum Gasteiger partial charge on any atom is -0.481 e. The predicted octanol–water partition coefficient (Wildman–Crippen LogP) is 0.103. The summed E-state index contributed by atoms with van der Waals surface area (Å²) in [7, 11) is 0. The fraction of sp³-hybridized carbons (Fsp3) is 0.625. The molecule has 0 bridgehead atoms. The standard InChI is InChI=1S/C8H13NO4S/c1-5(8(12)13)3-9-7(11)4-14-6(2)10/h5H,3-4H2,1-2H3,(H,9,11)(H,12,13). The summed E-state index contributed by atoms with van der Waals surface area (Å²) >= 11 is 0.901. The molecule has 2 N–H and O–H groups in total. The van der Waals surface area contributed by atoms with Gasteiger partial charge in [0.2, 0.25) is 5.91 Å². The zero-order valence-electron chi connectivity index (χ0n) is 8.07. The number of carboxylic acids is 1. The number of carboxylic acid groups (broad SMARTS) is 1. The first-order chi connectivity index (χ1) is 6.43. The Kier molecular flexibility index (Phi) is 5.94. The molecule has 0 aliphatic heterocycles. The highest BCUT2D eigenvalue weighted by atomic mass is 32.2. The molecule has 0 aromatic carbocycles. The van der Waals surface area contributed by atoms with Crippen molar-refractivity contribution in [2.45, 2.75) is 13.8 Å². The maximum atomic E-state index is 11.0. The molecule has 0 spiro atoms. The van der Waals surface area contributed by atoms with Gasteiger partial charge in [-0.25, -0.2) is 0 Å². The van der Waals surface area contributed by atoms with Crippen molar-refractivity contribution in [2.24, 2.45) is 5.92 Å². The van der Waals surface area contributed by atoms with E-state index < -0.39 is 11.9 Å². The monoisotopic (exact) mass is 219 g/mol. The second kappa shape index (κ2) is 6.42. The highest BCUT2D eigenvalue weighted by molar-refractivity contribution is 8.14. The number of carbonyl (C=O) groups is 3. The Morgan fingerprint density at radius 1 is 1.43 bits per heavy atom. The van der Waals surface area contributed by atoms with Gasteiger partial charge in [0.15, 0.2) is 5.12 Å². The second-order valence-corrected chi connectivity index (χ2v) is 3.98. The van der Waals surface area contributed by atoms with Gasteiger partial charge in [-0.15, -0.1) is 0 Å². The summed E-state index contributed by atoms with van der Waals surface area (Å²) in [5.41, 5.74) is 0. The van der Waals surface area contributed by atoms with Crippen molar-refractivity contribution in [3.8, 4) is 0 Å². The third kappa shape index (κ3) is 6.47. The number of thioether (sulfide) groups is 1. The maximum Gasteiger partial charge on any atom is 0.308 e. The molecule has 1 unspecified atom stereocenters. The average molecular weight is 219 g/mol. The summed E-state index contributed by atoms with van der Waals surface area (Å²) in [6.07, 6.45) is 0. The zero-order chi connectivity index (χ0) is 11.1. The first kappa shape index (κ1) is 13.0. The van der Waals surface area contributed by atoms with Gasteiger partial charge < -0.3 is 10.4 Å². The van der Waals surface area contributed by atoms with Crippen molar-refractivity contribution in [1.29, 1.82) is 0 Å². The molecule has 5 nitrogen and oxygen atoms in total. The van der Waals surface area contributed by atoms with Crippen LogP contribution in [0.4, 0.5) is 0 Å². The van der Waals surface area contributed by atoms with Crippen LogP contribution in [-0.4, -0.2) is 34.4 Å². The Hall–Kier alpha value is -1.04. The first-order valence-corrected chi connectivity index (χ1v) is 5.05. The van der Waals surface area contributed by atoms with E-state index in [0.29, 0.717) is 0 Å². The Morgan fingerprint density at radius 2 is 2.00 bits per heavy atom. The van der Waals surface area contributed by atoms with Crippen LogP contribution >= 0.6 is 11.8 Å². The van der Waals surface area contributed by atoms with Crippen LogP contribution in [0.1, 0.15) is 13.8 Å². The van der Waals surface area contributed by atoms with Crippen LogP contribution in [0.25, 0.3) is 0 Å². The molecule has 0 aromatic rings. The van der Waals surface area contributed by atoms with Gasteiger partial charge in [0, 0.05) is 13.5 Å². The van der Waals surface area contributed by atoms with E-state index in [2.05, 4.69) is 5.32 Å². The number of amides is 1. The highest BCUT2D eigenvalue weighted by Crippen LogP contribution is 1.99. The summed E-state index contributed by atoms with van der Waals surface area (Å²) in [5.74, 6) is -1.84. The van der Waals surface area contributed by atoms with Crippen molar-refractivity contribution < 1.29 is 19.5 Å². The molecule has 14 heavy (non-hydrogen) atoms. The van der Waals surface area contributed by atoms with E-state index in [1.165, 1.54) is 13.8 Å². The fourth-order valence-electron chi connectivity index (χ4n) is 0.572. The SMILES string of the molecule is CC(=O)SCC(=O)NCC(C)C(=O)O. The number of carbonyl (C=O) groups excluding carboxylic acids is 2. The lowest BCUT2D eigenvalue weighted by molar-refractivity contribution is -0.141. The van der Waals surface area contributed by atoms with Gasteiger partial charge in [-0.05, 0) is 0 Å². The highest BCUT2D eigenvalue weighted by Gasteiger charge is 2.12. The molecule has 0 saturated heterocycles. The molecule has 1 amide bonds. The van der Waals surface area contributed by atoms with Crippen molar-refractivity contribution in [3.05, 3.63) is 0 Å². The summed E-state index contributed by atoms with van der Waals surface area (Å²) in [4.78, 5) is 31.8. The van der Waals surface area contributed by atoms with Crippen LogP contribution in [-0.2, 0) is 14.4 Å². The topological polar surface area (TPSA) is 83.5 Å². The lowest BCUT2D eigenvalue weighted by Gasteiger charge is -2.07. The molecule has 0 aliphatic carbocycles. The van der Waals surface area contributed by atoms with E-state index in [1.807, 2.05) is 0 Å². The van der Waals surface area contributed by atoms with Gasteiger partial charge in [-0.3, -0.25) is 14.4 Å². The zero-order valence-corrected chi connectivity index (χ0v) is 8.89. The molecule has 0 radical (unpaired) electrons. The van der Waals surface area contributed by atoms with E-state index in [0.717, 1.165) is 11.8 Å². The minimum absolute atomic E-state index is 0.0433. The van der Waals surface area contributed by atoms with E-state index >= 15 is 0 Å². The summed E-state index contributed by atoms with van der Waals surface area (Å²) < 4.78 is 0. The average Bonchev–Trinajstić information content (AvgIpc) is 2.10. The van der Waals surface area contributed by atoms with Crippen LogP contribution in [0, 0.1) is 5.92 Å². The molecular weight excluding hydrogens is 206 g/mol. The van der Waals surface area contributed by atoms with Gasteiger partial charge in [-0.2, -0.15) is 0 Å². The summed E-state index contributed by atoms with van der Waals surface area (Å²) in [5, 5.41) is 10.8. The number of rotatable bonds is 5. The molecule has 0 fully saturated rings. The molecule has 0 saturated carbocycles. The van der Waals surface area contributed by atoms with E-state index in [4.69, 9.17) is 5.11 Å². The molecule has 0 rings (SSSR count). The third-order valence-corrected chi connectivity index (χ3v) is 2.25. The van der Waals surface area contributed by atoms with Crippen molar-refractivity contribution in [3.63, 3.8) is 0 Å². The van der Waals surface area contributed by atoms with Crippen LogP contribution in [0.3, 0.4) is 0 Å². The Balaban J connectivity index is 3.64. The van der Waals surface area contributed by atoms with Crippen LogP contribution in [0.2, 0.25) is 0 Å². The maximum absolute atomic E-state index is 11.0. The summed E-state index contributed by atoms with van der Waals surface area (Å²) in [6.45, 7) is 2.96. The molecule has 6 heteroatoms. The lowest BCUT2D eigenvalue weighted by Crippen LogP contribution is -2.32. The normalized spacial score (nSPS) is 11.9. The first-order valence-electron chi connectivity index (χ1n) is 4.06. The Labute approximate surface area is 86.2 Å². The number of aliphatic carboxylic acids is 1. The molecule has 0 aliphatic rings. The van der Waals surface area contributed by atoms with E-state index in [1.54, 1.807) is 0 Å². The van der Waals surface area contributed by atoms with Crippen LogP contribution in [0.5, 0.6) is 0 Å². The van der Waals surface area contributed by atoms with Crippen molar-refractivity contribution in [2.75, 3.05) is 12.3 Å². The smallest absolute Gasteiger partial charge is 0.308 e. The molecule has 0 aromatic heterocycles. The largest absolute Gasteiger partial charge is 0.481 e. The number of hydrogen-bond donors (Lipinski definition) is 2. The number of hydrogen-bond acceptors (Lipinski definition) is 4. The summed E-state index contributed by atoms with van der Waals surface area (Å²) in [6, 6.07) is 0. The van der Waals surface area contributed by atoms with Gasteiger partial charge in [-0.1, -0.05) is 18.7 Å². The van der Waals surface area contributed by atoms with Gasteiger partial charge in [0.1, 0.15) is 0 Å². The van der Waals surface area contributed by atoms with E-state index in [9.17, 15) is 14.4 Å². The number of nitrogens with one attached hydrogen (secondary N) is 1. The van der Waals surface area contributed by atoms with Gasteiger partial charge >= 0.3 is 5.97 Å². The molecule has 80 valence electrons. The molecular formula is C8H13NO4S. The molecule has 1 atom stereocenters. The van der Waals surface area contributed by atoms with Crippen LogP contribution in [0.15, 0.2) is 0 Å². The second-order valence-electron chi connectivity index (χ2n) is 2.82. The Morgan fingerprint density at radius 3 is 2.43 bits per heavy atom. The third-order valence-electron chi connectivity index (χ3n) is 1.43. The van der Waals surface area contributed by atoms with Gasteiger partial charge in [0.05, 0.1) is 11.7 Å². The predicted molar refractivity (Wildman–Crippen MR) is 52.9 cm³/mol. The molecule has 0 heterocycles. The minimum atomic E-state index is -0.954. The van der Waals surface area contributed by atoms with E-state index in [-0.39, 0.29) is 23.3 Å². The van der Waals surface area contributed by atoms with Gasteiger partial charge in [0.25, 0.3) is 0 Å². The fourth-order valence-corrected chi connectivity index (χ4v) is 1.01. The van der Waals surface area contributed by atoms with Crippen molar-refractivity contribution in [1.82, 2.24) is 5.32 Å². The Bertz CT molecular complexity index is 241. The van der Waals surface area contributed by atoms with Crippen LogP contribution < -0.4 is 5.32 Å². The quantitative estimate of drug-likeness (QED) is 0.685.